The maximum Gasteiger partial charge on any atom is 0.0601 e. The first kappa shape index (κ1) is 12.1. The predicted molar refractivity (Wildman–Crippen MR) is 72.2 cm³/mol. The van der Waals surface area contributed by atoms with Gasteiger partial charge in [-0.2, -0.15) is 0 Å². The Morgan fingerprint density at radius 2 is 2.35 bits per heavy atom. The number of hydrogen-bond donors (Lipinski definition) is 1. The van der Waals surface area contributed by atoms with Crippen LogP contribution in [-0.4, -0.2) is 24.6 Å². The van der Waals surface area contributed by atoms with Gasteiger partial charge in [-0.05, 0) is 31.5 Å². The smallest absolute Gasteiger partial charge is 0.0601 e. The first-order valence-electron chi connectivity index (χ1n) is 6.35. The Balaban J connectivity index is 2.16. The Morgan fingerprint density at radius 3 is 3.12 bits per heavy atom. The molecule has 0 unspecified atom stereocenters. The van der Waals surface area contributed by atoms with Crippen LogP contribution >= 0.6 is 0 Å². The van der Waals surface area contributed by atoms with Gasteiger partial charge in [0.05, 0.1) is 11.9 Å². The zero-order valence-electron chi connectivity index (χ0n) is 10.7. The highest BCUT2D eigenvalue weighted by molar-refractivity contribution is 5.53. The molecule has 1 aromatic rings. The normalized spacial score (nSPS) is 15.9. The van der Waals surface area contributed by atoms with Crippen LogP contribution < -0.4 is 10.2 Å². The highest BCUT2D eigenvalue weighted by Crippen LogP contribution is 2.22. The standard InChI is InChI=1S/C14H21N3/c1-3-15-9-13-6-7-16-10-14(13)17-8-4-5-12(2)11-17/h5-7,10,15H,3-4,8-9,11H2,1-2H3. The Kier molecular flexibility index (Phi) is 4.15. The SMILES string of the molecule is CCNCc1ccncc1N1CCC=C(C)C1. The monoisotopic (exact) mass is 231 g/mol. The minimum Gasteiger partial charge on any atom is -0.366 e. The molecular weight excluding hydrogens is 210 g/mol. The van der Waals surface area contributed by atoms with Gasteiger partial charge in [-0.3, -0.25) is 4.98 Å². The van der Waals surface area contributed by atoms with E-state index in [4.69, 9.17) is 0 Å². The largest absolute Gasteiger partial charge is 0.366 e. The molecule has 0 saturated carbocycles. The highest BCUT2D eigenvalue weighted by Gasteiger charge is 2.13. The summed E-state index contributed by atoms with van der Waals surface area (Å²) in [6.07, 6.45) is 7.34. The number of pyridine rings is 1. The molecule has 0 aromatic carbocycles. The van der Waals surface area contributed by atoms with Crippen LogP contribution in [-0.2, 0) is 6.54 Å². The van der Waals surface area contributed by atoms with Crippen LogP contribution in [0.1, 0.15) is 25.8 Å². The number of anilines is 1. The lowest BCUT2D eigenvalue weighted by molar-refractivity contribution is 0.714. The molecule has 0 saturated heterocycles. The molecule has 3 nitrogen and oxygen atoms in total. The summed E-state index contributed by atoms with van der Waals surface area (Å²) in [4.78, 5) is 6.69. The van der Waals surface area contributed by atoms with E-state index < -0.39 is 0 Å². The second-order valence-corrected chi connectivity index (χ2v) is 4.55. The van der Waals surface area contributed by atoms with Crippen LogP contribution in [0.2, 0.25) is 0 Å². The molecule has 92 valence electrons. The first-order valence-corrected chi connectivity index (χ1v) is 6.35. The van der Waals surface area contributed by atoms with Gasteiger partial charge in [-0.25, -0.2) is 0 Å². The third kappa shape index (κ3) is 3.07. The number of hydrogen-bond acceptors (Lipinski definition) is 3. The van der Waals surface area contributed by atoms with Crippen LogP contribution in [0.4, 0.5) is 5.69 Å². The van der Waals surface area contributed by atoms with E-state index in [1.165, 1.54) is 16.8 Å². The van der Waals surface area contributed by atoms with Gasteiger partial charge in [-0.1, -0.05) is 18.6 Å². The average molecular weight is 231 g/mol. The van der Waals surface area contributed by atoms with Crippen molar-refractivity contribution in [1.29, 1.82) is 0 Å². The van der Waals surface area contributed by atoms with Gasteiger partial charge in [0.2, 0.25) is 0 Å². The number of nitrogens with one attached hydrogen (secondary N) is 1. The van der Waals surface area contributed by atoms with Crippen molar-refractivity contribution < 1.29 is 0 Å². The lowest BCUT2D eigenvalue weighted by atomic mass is 10.1. The number of aromatic nitrogens is 1. The van der Waals surface area contributed by atoms with Crippen LogP contribution in [0, 0.1) is 0 Å². The maximum absolute atomic E-state index is 4.26. The molecular formula is C14H21N3. The lowest BCUT2D eigenvalue weighted by Gasteiger charge is -2.29. The summed E-state index contributed by atoms with van der Waals surface area (Å²) in [5, 5.41) is 3.39. The van der Waals surface area contributed by atoms with E-state index in [9.17, 15) is 0 Å². The van der Waals surface area contributed by atoms with E-state index in [1.54, 1.807) is 0 Å². The van der Waals surface area contributed by atoms with Gasteiger partial charge in [0.15, 0.2) is 0 Å². The van der Waals surface area contributed by atoms with E-state index in [-0.39, 0.29) is 0 Å². The number of rotatable bonds is 4. The Morgan fingerprint density at radius 1 is 1.47 bits per heavy atom. The van der Waals surface area contributed by atoms with E-state index in [2.05, 4.69) is 41.2 Å². The van der Waals surface area contributed by atoms with Crippen LogP contribution in [0.25, 0.3) is 0 Å². The maximum atomic E-state index is 4.26. The Labute approximate surface area is 104 Å². The number of nitrogens with zero attached hydrogens (tertiary/aromatic N) is 2. The predicted octanol–water partition coefficient (Wildman–Crippen LogP) is 2.35. The van der Waals surface area contributed by atoms with Gasteiger partial charge in [0, 0.05) is 25.8 Å². The Bertz CT molecular complexity index is 398. The first-order chi connectivity index (χ1) is 8.31. The van der Waals surface area contributed by atoms with Gasteiger partial charge >= 0.3 is 0 Å². The Hall–Kier alpha value is -1.35. The van der Waals surface area contributed by atoms with Gasteiger partial charge < -0.3 is 10.2 Å². The molecule has 0 bridgehead atoms. The molecule has 0 amide bonds. The topological polar surface area (TPSA) is 28.2 Å². The van der Waals surface area contributed by atoms with Crippen molar-refractivity contribution in [2.45, 2.75) is 26.8 Å². The molecule has 17 heavy (non-hydrogen) atoms. The van der Waals surface area contributed by atoms with Crippen molar-refractivity contribution in [2.24, 2.45) is 0 Å². The van der Waals surface area contributed by atoms with Crippen molar-refractivity contribution in [1.82, 2.24) is 10.3 Å². The molecule has 0 radical (unpaired) electrons. The molecule has 0 fully saturated rings. The summed E-state index contributed by atoms with van der Waals surface area (Å²) in [6.45, 7) is 8.39. The average Bonchev–Trinajstić information content (AvgIpc) is 2.37. The van der Waals surface area contributed by atoms with Crippen LogP contribution in [0.15, 0.2) is 30.1 Å². The molecule has 1 aliphatic rings. The fraction of sp³-hybridized carbons (Fsp3) is 0.500. The fourth-order valence-electron chi connectivity index (χ4n) is 2.23. The second-order valence-electron chi connectivity index (χ2n) is 4.55. The van der Waals surface area contributed by atoms with Crippen molar-refractivity contribution in [3.63, 3.8) is 0 Å². The molecule has 0 atom stereocenters. The molecule has 1 aliphatic heterocycles. The minimum absolute atomic E-state index is 0.924. The summed E-state index contributed by atoms with van der Waals surface area (Å²) >= 11 is 0. The highest BCUT2D eigenvalue weighted by atomic mass is 15.1. The summed E-state index contributed by atoms with van der Waals surface area (Å²) in [6, 6.07) is 2.12. The minimum atomic E-state index is 0.924. The zero-order chi connectivity index (χ0) is 12.1. The van der Waals surface area contributed by atoms with Crippen molar-refractivity contribution in [2.75, 3.05) is 24.5 Å². The van der Waals surface area contributed by atoms with Gasteiger partial charge in [0.1, 0.15) is 0 Å². The van der Waals surface area contributed by atoms with E-state index >= 15 is 0 Å². The lowest BCUT2D eigenvalue weighted by Crippen LogP contribution is -2.30. The molecule has 0 aliphatic carbocycles. The molecule has 2 heterocycles. The van der Waals surface area contributed by atoms with E-state index in [1.807, 2.05) is 12.4 Å². The van der Waals surface area contributed by atoms with Crippen molar-refractivity contribution in [3.05, 3.63) is 35.7 Å². The van der Waals surface area contributed by atoms with Gasteiger partial charge in [0.25, 0.3) is 0 Å². The molecule has 2 rings (SSSR count). The molecule has 3 heteroatoms. The second kappa shape index (κ2) is 5.82. The summed E-state index contributed by atoms with van der Waals surface area (Å²) < 4.78 is 0. The third-order valence-electron chi connectivity index (χ3n) is 3.13. The van der Waals surface area contributed by atoms with E-state index in [0.717, 1.165) is 32.6 Å². The summed E-state index contributed by atoms with van der Waals surface area (Å²) in [5.74, 6) is 0. The quantitative estimate of drug-likeness (QED) is 0.806. The zero-order valence-corrected chi connectivity index (χ0v) is 10.7. The molecule has 1 aromatic heterocycles. The van der Waals surface area contributed by atoms with Gasteiger partial charge in [-0.15, -0.1) is 0 Å². The third-order valence-corrected chi connectivity index (χ3v) is 3.13. The van der Waals surface area contributed by atoms with Crippen molar-refractivity contribution in [3.8, 4) is 0 Å². The molecule has 1 N–H and O–H groups in total. The van der Waals surface area contributed by atoms with Crippen LogP contribution in [0.5, 0.6) is 0 Å². The summed E-state index contributed by atoms with van der Waals surface area (Å²) in [7, 11) is 0. The molecule has 0 spiro atoms. The summed E-state index contributed by atoms with van der Waals surface area (Å²) in [5.41, 5.74) is 4.08. The van der Waals surface area contributed by atoms with Crippen LogP contribution in [0.3, 0.4) is 0 Å². The fourth-order valence-corrected chi connectivity index (χ4v) is 2.23. The van der Waals surface area contributed by atoms with Crippen molar-refractivity contribution >= 4 is 5.69 Å². The van der Waals surface area contributed by atoms with E-state index in [0.29, 0.717) is 0 Å².